The largest absolute Gasteiger partial charge is 0.325 e. The number of hydrogen-bond donors (Lipinski definition) is 1. The molecule has 0 aliphatic heterocycles. The van der Waals surface area contributed by atoms with E-state index in [0.717, 1.165) is 5.56 Å². The number of para-hydroxylation sites is 1. The minimum atomic E-state index is -0.580. The van der Waals surface area contributed by atoms with Crippen molar-refractivity contribution >= 4 is 45.1 Å². The maximum Gasteiger partial charge on any atom is 0.278 e. The number of anilines is 1. The van der Waals surface area contributed by atoms with E-state index in [1.54, 1.807) is 24.3 Å². The van der Waals surface area contributed by atoms with Crippen LogP contribution in [0.4, 0.5) is 14.5 Å². The molecule has 0 bridgehead atoms. The van der Waals surface area contributed by atoms with Crippen LogP contribution in [0.2, 0.25) is 5.02 Å². The molecule has 0 spiro atoms. The van der Waals surface area contributed by atoms with Crippen molar-refractivity contribution in [2.24, 2.45) is 0 Å². The van der Waals surface area contributed by atoms with Crippen molar-refractivity contribution in [3.05, 3.63) is 106 Å². The van der Waals surface area contributed by atoms with Crippen LogP contribution in [0.1, 0.15) is 5.56 Å². The van der Waals surface area contributed by atoms with Crippen molar-refractivity contribution in [1.29, 1.82) is 0 Å². The Morgan fingerprint density at radius 2 is 1.79 bits per heavy atom. The second-order valence-corrected chi connectivity index (χ2v) is 8.15. The third-order valence-electron chi connectivity index (χ3n) is 5.54. The zero-order chi connectivity index (χ0) is 23.8. The summed E-state index contributed by atoms with van der Waals surface area (Å²) in [5.41, 5.74) is 1.19. The first kappa shape index (κ1) is 21.8. The third kappa shape index (κ3) is 3.92. The number of aromatic nitrogens is 3. The highest BCUT2D eigenvalue weighted by atomic mass is 35.5. The first-order valence-electron chi connectivity index (χ1n) is 10.4. The fourth-order valence-corrected chi connectivity index (χ4v) is 4.15. The molecule has 3 aromatic carbocycles. The predicted octanol–water partition coefficient (Wildman–Crippen LogP) is 4.97. The molecule has 1 N–H and O–H groups in total. The summed E-state index contributed by atoms with van der Waals surface area (Å²) < 4.78 is 30.9. The Kier molecular flexibility index (Phi) is 5.59. The number of nitrogens with zero attached hydrogens (tertiary/aromatic N) is 3. The maximum absolute atomic E-state index is 14.0. The lowest BCUT2D eigenvalue weighted by molar-refractivity contribution is -0.116. The minimum absolute atomic E-state index is 0.0218. The molecule has 0 aliphatic carbocycles. The summed E-state index contributed by atoms with van der Waals surface area (Å²) >= 11 is 6.25. The Morgan fingerprint density at radius 3 is 2.59 bits per heavy atom. The number of carbonyl (C=O) groups excluding carboxylic acids is 1. The monoisotopic (exact) mass is 478 g/mol. The number of rotatable bonds is 5. The molecule has 5 rings (SSSR count). The molecule has 34 heavy (non-hydrogen) atoms. The van der Waals surface area contributed by atoms with Gasteiger partial charge in [0.2, 0.25) is 5.91 Å². The van der Waals surface area contributed by atoms with Crippen LogP contribution in [0.25, 0.3) is 21.9 Å². The molecule has 0 radical (unpaired) electrons. The Bertz CT molecular complexity index is 1630. The Balaban J connectivity index is 1.62. The van der Waals surface area contributed by atoms with Crippen molar-refractivity contribution in [3.8, 4) is 0 Å². The predicted molar refractivity (Wildman–Crippen MR) is 127 cm³/mol. The number of halogens is 3. The lowest BCUT2D eigenvalue weighted by Gasteiger charge is -2.11. The van der Waals surface area contributed by atoms with Crippen molar-refractivity contribution < 1.29 is 13.6 Å². The molecule has 1 amide bonds. The highest BCUT2D eigenvalue weighted by Gasteiger charge is 2.20. The molecule has 0 aliphatic rings. The summed E-state index contributed by atoms with van der Waals surface area (Å²) in [6.45, 7) is -0.133. The number of benzene rings is 3. The fourth-order valence-electron chi connectivity index (χ4n) is 3.96. The van der Waals surface area contributed by atoms with Crippen LogP contribution < -0.4 is 10.9 Å². The van der Waals surface area contributed by atoms with Gasteiger partial charge >= 0.3 is 0 Å². The second-order valence-electron chi connectivity index (χ2n) is 7.74. The summed E-state index contributed by atoms with van der Waals surface area (Å²) in [6, 6.07) is 16.9. The van der Waals surface area contributed by atoms with E-state index in [1.807, 2.05) is 6.07 Å². The van der Waals surface area contributed by atoms with Crippen LogP contribution in [-0.2, 0) is 17.9 Å². The van der Waals surface area contributed by atoms with E-state index in [4.69, 9.17) is 11.6 Å². The van der Waals surface area contributed by atoms with Gasteiger partial charge in [0.25, 0.3) is 5.56 Å². The molecule has 2 heterocycles. The van der Waals surface area contributed by atoms with E-state index < -0.39 is 23.1 Å². The fraction of sp³-hybridized carbons (Fsp3) is 0.0800. The van der Waals surface area contributed by atoms with Gasteiger partial charge in [0.05, 0.1) is 24.1 Å². The van der Waals surface area contributed by atoms with Crippen molar-refractivity contribution in [3.63, 3.8) is 0 Å². The topological polar surface area (TPSA) is 68.9 Å². The third-order valence-corrected chi connectivity index (χ3v) is 5.91. The average Bonchev–Trinajstić information content (AvgIpc) is 3.11. The molecule has 0 unspecified atom stereocenters. The highest BCUT2D eigenvalue weighted by molar-refractivity contribution is 6.31. The smallest absolute Gasteiger partial charge is 0.278 e. The highest BCUT2D eigenvalue weighted by Crippen LogP contribution is 2.27. The van der Waals surface area contributed by atoms with Crippen LogP contribution in [-0.4, -0.2) is 20.0 Å². The van der Waals surface area contributed by atoms with Crippen LogP contribution in [0.5, 0.6) is 0 Å². The molecule has 0 saturated carbocycles. The first-order chi connectivity index (χ1) is 16.4. The summed E-state index contributed by atoms with van der Waals surface area (Å²) in [6.07, 6.45) is 1.38. The van der Waals surface area contributed by atoms with Gasteiger partial charge in [-0.05, 0) is 42.0 Å². The first-order valence-corrected chi connectivity index (χ1v) is 10.7. The minimum Gasteiger partial charge on any atom is -0.325 e. The van der Waals surface area contributed by atoms with Gasteiger partial charge in [-0.25, -0.2) is 13.8 Å². The van der Waals surface area contributed by atoms with E-state index in [1.165, 1.54) is 51.9 Å². The molecule has 6 nitrogen and oxygen atoms in total. The van der Waals surface area contributed by atoms with Crippen LogP contribution in [0.3, 0.4) is 0 Å². The molecule has 0 fully saturated rings. The molecule has 2 aromatic heterocycles. The van der Waals surface area contributed by atoms with Gasteiger partial charge < -0.3 is 9.88 Å². The second kappa shape index (κ2) is 8.72. The van der Waals surface area contributed by atoms with Crippen LogP contribution in [0, 0.1) is 11.6 Å². The molecular formula is C25H17ClF2N4O2. The summed E-state index contributed by atoms with van der Waals surface area (Å²) in [5.74, 6) is -1.62. The maximum atomic E-state index is 14.0. The zero-order valence-electron chi connectivity index (χ0n) is 17.6. The number of nitrogens with one attached hydrogen (secondary N) is 1. The standard InChI is InChI=1S/C25H17ClF2N4O2/c26-18-6-2-1-5-15(18)12-31-14-29-23-17-11-16(27)9-10-21(17)32(24(23)25(31)34)13-22(33)30-20-8-4-3-7-19(20)28/h1-11,14H,12-13H2,(H,30,33). The van der Waals surface area contributed by atoms with Crippen molar-refractivity contribution in [1.82, 2.24) is 14.1 Å². The quantitative estimate of drug-likeness (QED) is 0.388. The lowest BCUT2D eigenvalue weighted by Crippen LogP contribution is -2.25. The summed E-state index contributed by atoms with van der Waals surface area (Å²) in [5, 5.41) is 3.42. The van der Waals surface area contributed by atoms with E-state index in [-0.39, 0.29) is 29.8 Å². The van der Waals surface area contributed by atoms with Crippen molar-refractivity contribution in [2.75, 3.05) is 5.32 Å². The number of hydrogen-bond acceptors (Lipinski definition) is 3. The van der Waals surface area contributed by atoms with Crippen LogP contribution in [0.15, 0.2) is 77.9 Å². The van der Waals surface area contributed by atoms with E-state index >= 15 is 0 Å². The van der Waals surface area contributed by atoms with Crippen molar-refractivity contribution in [2.45, 2.75) is 13.1 Å². The van der Waals surface area contributed by atoms with E-state index in [9.17, 15) is 18.4 Å². The average molecular weight is 479 g/mol. The molecule has 0 saturated heterocycles. The van der Waals surface area contributed by atoms with E-state index in [2.05, 4.69) is 10.3 Å². The molecule has 0 atom stereocenters. The zero-order valence-corrected chi connectivity index (χ0v) is 18.4. The number of carbonyl (C=O) groups is 1. The molecular weight excluding hydrogens is 462 g/mol. The van der Waals surface area contributed by atoms with Gasteiger partial charge in [0, 0.05) is 10.4 Å². The van der Waals surface area contributed by atoms with Gasteiger partial charge in [-0.3, -0.25) is 14.2 Å². The van der Waals surface area contributed by atoms with Crippen LogP contribution >= 0.6 is 11.6 Å². The Morgan fingerprint density at radius 1 is 1.03 bits per heavy atom. The normalized spacial score (nSPS) is 11.3. The summed E-state index contributed by atoms with van der Waals surface area (Å²) in [4.78, 5) is 30.7. The SMILES string of the molecule is O=C(Cn1c2ccc(F)cc2c2ncn(Cc3ccccc3Cl)c(=O)c21)Nc1ccccc1F. The molecule has 170 valence electrons. The van der Waals surface area contributed by atoms with Gasteiger partial charge in [0.15, 0.2) is 0 Å². The Hall–Kier alpha value is -4.04. The lowest BCUT2D eigenvalue weighted by atomic mass is 10.2. The molecule has 9 heteroatoms. The summed E-state index contributed by atoms with van der Waals surface area (Å²) in [7, 11) is 0. The van der Waals surface area contributed by atoms with Gasteiger partial charge in [-0.15, -0.1) is 0 Å². The number of amides is 1. The number of fused-ring (bicyclic) bond motifs is 3. The van der Waals surface area contributed by atoms with Gasteiger partial charge in [-0.2, -0.15) is 0 Å². The van der Waals surface area contributed by atoms with Gasteiger partial charge in [-0.1, -0.05) is 41.9 Å². The van der Waals surface area contributed by atoms with E-state index in [0.29, 0.717) is 15.9 Å². The molecule has 5 aromatic rings. The van der Waals surface area contributed by atoms with Gasteiger partial charge in [0.1, 0.15) is 29.2 Å². The Labute approximate surface area is 197 Å².